The van der Waals surface area contributed by atoms with Gasteiger partial charge in [-0.2, -0.15) is 17.2 Å². The van der Waals surface area contributed by atoms with Crippen molar-refractivity contribution in [1.29, 1.82) is 0 Å². The summed E-state index contributed by atoms with van der Waals surface area (Å²) in [6.45, 7) is 4.17. The van der Waals surface area contributed by atoms with Crippen molar-refractivity contribution in [3.05, 3.63) is 121 Å². The topological polar surface area (TPSA) is 63.3 Å². The summed E-state index contributed by atoms with van der Waals surface area (Å²) in [4.78, 5) is 4.63. The third kappa shape index (κ3) is 5.24. The fourth-order valence-electron chi connectivity index (χ4n) is 5.65. The fourth-order valence-corrected chi connectivity index (χ4v) is 5.65. The molecule has 220 valence electrons. The summed E-state index contributed by atoms with van der Waals surface area (Å²) in [6, 6.07) is 32.7. The van der Waals surface area contributed by atoms with Gasteiger partial charge < -0.3 is 18.8 Å². The van der Waals surface area contributed by atoms with Gasteiger partial charge in [-0.1, -0.05) is 23.7 Å². The molecule has 0 spiro atoms. The van der Waals surface area contributed by atoms with Crippen molar-refractivity contribution in [2.75, 3.05) is 14.2 Å². The molecule has 0 unspecified atom stereocenters. The van der Waals surface area contributed by atoms with E-state index in [-0.39, 0.29) is 21.1 Å². The second-order valence-electron chi connectivity index (χ2n) is 10.3. The molecule has 0 saturated carbocycles. The van der Waals surface area contributed by atoms with Crippen LogP contribution in [-0.2, 0) is 21.1 Å². The number of aryl methyl sites for hydroxylation is 2. The maximum absolute atomic E-state index is 6.31. The van der Waals surface area contributed by atoms with Gasteiger partial charge >= 0.3 is 21.1 Å². The van der Waals surface area contributed by atoms with Crippen molar-refractivity contribution in [1.82, 2.24) is 19.3 Å². The Kier molecular flexibility index (Phi) is 7.98. The molecule has 0 bridgehead atoms. The molecule has 3 aromatic heterocycles. The summed E-state index contributed by atoms with van der Waals surface area (Å²) in [5, 5.41) is 6.79. The molecule has 7 rings (SSSR count). The van der Waals surface area contributed by atoms with E-state index in [1.807, 2.05) is 77.7 Å². The largest absolute Gasteiger partial charge is 2.00 e. The maximum Gasteiger partial charge on any atom is 2.00 e. The van der Waals surface area contributed by atoms with E-state index in [9.17, 15) is 0 Å². The van der Waals surface area contributed by atoms with E-state index >= 15 is 0 Å². The average molecular weight is 760 g/mol. The molecule has 7 aromatic rings. The van der Waals surface area contributed by atoms with Crippen molar-refractivity contribution in [2.24, 2.45) is 0 Å². The Morgan fingerprint density at radius 2 is 1.52 bits per heavy atom. The molecule has 0 N–H and O–H groups in total. The second kappa shape index (κ2) is 12.0. The molecule has 7 nitrogen and oxygen atoms in total. The first-order valence-corrected chi connectivity index (χ1v) is 13.9. The van der Waals surface area contributed by atoms with E-state index < -0.39 is 0 Å². The van der Waals surface area contributed by atoms with Crippen molar-refractivity contribution in [3.8, 4) is 45.6 Å². The Morgan fingerprint density at radius 1 is 0.750 bits per heavy atom. The molecular formula is C36H28N4O3Pt. The summed E-state index contributed by atoms with van der Waals surface area (Å²) in [7, 11) is 3.34. The number of para-hydroxylation sites is 1. The van der Waals surface area contributed by atoms with Crippen molar-refractivity contribution in [3.63, 3.8) is 0 Å². The predicted molar refractivity (Wildman–Crippen MR) is 168 cm³/mol. The molecule has 0 aliphatic carbocycles. The molecule has 0 aliphatic rings. The van der Waals surface area contributed by atoms with Crippen LogP contribution in [0.2, 0.25) is 0 Å². The standard InChI is InChI=1S/C36H28N4O3.Pt/c1-23-16-30(42-4)17-24(2)36(23)25-21-38-39(22-25)26-8-7-9-28(18-26)43-29-12-13-32-31-10-5-6-11-33(31)40(34(32)19-29)35-20-27(41-3)14-15-37-35;/h5-17,20-22H,1-4H3;/q-2;+2. The number of hydrogen-bond donors (Lipinski definition) is 0. The van der Waals surface area contributed by atoms with Gasteiger partial charge in [0.25, 0.3) is 0 Å². The third-order valence-corrected chi connectivity index (χ3v) is 7.57. The van der Waals surface area contributed by atoms with Crippen LogP contribution in [0.25, 0.3) is 44.4 Å². The van der Waals surface area contributed by atoms with Gasteiger partial charge in [0, 0.05) is 41.0 Å². The van der Waals surface area contributed by atoms with Gasteiger partial charge in [0.1, 0.15) is 17.3 Å². The third-order valence-electron chi connectivity index (χ3n) is 7.57. The number of hydrogen-bond acceptors (Lipinski definition) is 5. The molecule has 8 heteroatoms. The maximum atomic E-state index is 6.31. The van der Waals surface area contributed by atoms with Gasteiger partial charge in [0.2, 0.25) is 0 Å². The SMILES string of the molecule is COc1ccnc(-n2c3[c-]c(Oc4[c-]c(-n5cc(-c6c(C)cc(OC)cc6C)cn5)ccc4)ccc3c3ccccc32)c1.[Pt+2]. The first-order chi connectivity index (χ1) is 21.0. The van der Waals surface area contributed by atoms with Gasteiger partial charge in [-0.05, 0) is 65.9 Å². The van der Waals surface area contributed by atoms with Crippen LogP contribution in [-0.4, -0.2) is 33.6 Å². The smallest absolute Gasteiger partial charge is 0.509 e. The van der Waals surface area contributed by atoms with Gasteiger partial charge in [-0.15, -0.1) is 35.7 Å². The van der Waals surface area contributed by atoms with E-state index in [0.29, 0.717) is 11.5 Å². The zero-order chi connectivity index (χ0) is 29.5. The molecule has 44 heavy (non-hydrogen) atoms. The first-order valence-electron chi connectivity index (χ1n) is 13.9. The number of fused-ring (bicyclic) bond motifs is 3. The molecule has 0 amide bonds. The minimum absolute atomic E-state index is 0. The number of pyridine rings is 1. The summed E-state index contributed by atoms with van der Waals surface area (Å²) in [5.41, 5.74) is 7.08. The Hall–Kier alpha value is -4.87. The van der Waals surface area contributed by atoms with E-state index in [0.717, 1.165) is 67.1 Å². The Morgan fingerprint density at radius 3 is 2.32 bits per heavy atom. The molecule has 4 aromatic carbocycles. The fraction of sp³-hybridized carbons (Fsp3) is 0.111. The molecule has 0 atom stereocenters. The molecule has 0 radical (unpaired) electrons. The van der Waals surface area contributed by atoms with Crippen molar-refractivity contribution >= 4 is 21.8 Å². The number of nitrogens with zero attached hydrogens (tertiary/aromatic N) is 4. The van der Waals surface area contributed by atoms with Crippen LogP contribution in [0.3, 0.4) is 0 Å². The summed E-state index contributed by atoms with van der Waals surface area (Å²) in [5.74, 6) is 3.44. The minimum Gasteiger partial charge on any atom is -0.509 e. The van der Waals surface area contributed by atoms with E-state index in [1.54, 1.807) is 20.4 Å². The minimum atomic E-state index is 0. The van der Waals surface area contributed by atoms with Gasteiger partial charge in [0.05, 0.1) is 20.4 Å². The van der Waals surface area contributed by atoms with Crippen LogP contribution >= 0.6 is 0 Å². The molecular weight excluding hydrogens is 731 g/mol. The summed E-state index contributed by atoms with van der Waals surface area (Å²) < 4.78 is 21.1. The average Bonchev–Trinajstić information content (AvgIpc) is 3.64. The van der Waals surface area contributed by atoms with E-state index in [4.69, 9.17) is 14.2 Å². The van der Waals surface area contributed by atoms with E-state index in [1.165, 1.54) is 0 Å². The summed E-state index contributed by atoms with van der Waals surface area (Å²) >= 11 is 0. The Bertz CT molecular complexity index is 2110. The van der Waals surface area contributed by atoms with Crippen LogP contribution < -0.4 is 14.2 Å². The number of ether oxygens (including phenoxy) is 3. The predicted octanol–water partition coefficient (Wildman–Crippen LogP) is 8.06. The zero-order valence-electron chi connectivity index (χ0n) is 24.6. The Labute approximate surface area is 269 Å². The first kappa shape index (κ1) is 29.2. The Balaban J connectivity index is 0.00000343. The van der Waals surface area contributed by atoms with Crippen LogP contribution in [0.1, 0.15) is 11.1 Å². The molecule has 0 fully saturated rings. The van der Waals surface area contributed by atoms with Crippen molar-refractivity contribution < 1.29 is 35.3 Å². The summed E-state index contributed by atoms with van der Waals surface area (Å²) in [6.07, 6.45) is 5.62. The van der Waals surface area contributed by atoms with Gasteiger partial charge in [0.15, 0.2) is 0 Å². The van der Waals surface area contributed by atoms with Crippen LogP contribution in [0.4, 0.5) is 0 Å². The number of benzene rings is 4. The van der Waals surface area contributed by atoms with Gasteiger partial charge in [-0.25, -0.2) is 4.98 Å². The molecule has 0 aliphatic heterocycles. The molecule has 0 saturated heterocycles. The number of methoxy groups -OCH3 is 2. The monoisotopic (exact) mass is 759 g/mol. The zero-order valence-corrected chi connectivity index (χ0v) is 26.8. The van der Waals surface area contributed by atoms with Crippen LogP contribution in [0.15, 0.2) is 97.5 Å². The number of aromatic nitrogens is 4. The van der Waals surface area contributed by atoms with Crippen LogP contribution in [0, 0.1) is 26.0 Å². The van der Waals surface area contributed by atoms with Crippen molar-refractivity contribution in [2.45, 2.75) is 13.8 Å². The van der Waals surface area contributed by atoms with E-state index in [2.05, 4.69) is 58.8 Å². The number of rotatable bonds is 7. The second-order valence-corrected chi connectivity index (χ2v) is 10.3. The normalized spacial score (nSPS) is 11.0. The van der Waals surface area contributed by atoms with Crippen LogP contribution in [0.5, 0.6) is 23.0 Å². The molecule has 3 heterocycles. The van der Waals surface area contributed by atoms with Gasteiger partial charge in [-0.3, -0.25) is 4.68 Å². The quantitative estimate of drug-likeness (QED) is 0.154.